The molecule has 0 aliphatic carbocycles. The molecule has 2 nitrogen and oxygen atoms in total. The van der Waals surface area contributed by atoms with E-state index in [1.165, 1.54) is 23.6 Å². The average molecular weight is 365 g/mol. The van der Waals surface area contributed by atoms with Gasteiger partial charge in [0.15, 0.2) is 11.6 Å². The molecule has 2 aromatic rings. The van der Waals surface area contributed by atoms with E-state index >= 15 is 0 Å². The van der Waals surface area contributed by atoms with Crippen molar-refractivity contribution >= 4 is 49.0 Å². The SMILES string of the molecule is O=C(c1ccncc1F)c1cc(Br)sc1Br. The van der Waals surface area contributed by atoms with Gasteiger partial charge in [-0.15, -0.1) is 11.3 Å². The van der Waals surface area contributed by atoms with Crippen molar-refractivity contribution in [1.29, 1.82) is 0 Å². The van der Waals surface area contributed by atoms with Gasteiger partial charge in [0.1, 0.15) is 0 Å². The van der Waals surface area contributed by atoms with Crippen LogP contribution in [0.2, 0.25) is 0 Å². The molecule has 0 amide bonds. The normalized spacial score (nSPS) is 10.4. The summed E-state index contributed by atoms with van der Waals surface area (Å²) in [5.74, 6) is -0.963. The number of ketones is 1. The van der Waals surface area contributed by atoms with Crippen molar-refractivity contribution in [3.05, 3.63) is 49.0 Å². The van der Waals surface area contributed by atoms with Crippen LogP contribution in [0.1, 0.15) is 15.9 Å². The van der Waals surface area contributed by atoms with Gasteiger partial charge in [0, 0.05) is 11.8 Å². The maximum atomic E-state index is 13.4. The molecule has 0 N–H and O–H groups in total. The number of nitrogens with zero attached hydrogens (tertiary/aromatic N) is 1. The van der Waals surface area contributed by atoms with Gasteiger partial charge in [-0.25, -0.2) is 4.39 Å². The molecule has 0 spiro atoms. The van der Waals surface area contributed by atoms with Crippen molar-refractivity contribution in [3.8, 4) is 0 Å². The van der Waals surface area contributed by atoms with Crippen molar-refractivity contribution < 1.29 is 9.18 Å². The number of thiophene rings is 1. The Labute approximate surface area is 112 Å². The Morgan fingerprint density at radius 1 is 1.38 bits per heavy atom. The first kappa shape index (κ1) is 11.9. The lowest BCUT2D eigenvalue weighted by molar-refractivity contribution is 0.103. The first-order valence-corrected chi connectivity index (χ1v) is 6.59. The molecule has 0 aliphatic heterocycles. The standard InChI is InChI=1S/C10H4Br2FNOS/c11-8-3-6(10(12)16-8)9(15)5-1-2-14-4-7(5)13/h1-4H. The highest BCUT2D eigenvalue weighted by Crippen LogP contribution is 2.33. The number of carbonyl (C=O) groups is 1. The van der Waals surface area contributed by atoms with Crippen LogP contribution in [0.15, 0.2) is 32.1 Å². The van der Waals surface area contributed by atoms with Crippen LogP contribution in [0.25, 0.3) is 0 Å². The number of aromatic nitrogens is 1. The highest BCUT2D eigenvalue weighted by atomic mass is 79.9. The van der Waals surface area contributed by atoms with Gasteiger partial charge in [-0.1, -0.05) is 0 Å². The summed E-state index contributed by atoms with van der Waals surface area (Å²) in [6.07, 6.45) is 2.42. The van der Waals surface area contributed by atoms with Crippen molar-refractivity contribution in [1.82, 2.24) is 4.98 Å². The van der Waals surface area contributed by atoms with E-state index in [-0.39, 0.29) is 11.3 Å². The number of hydrogen-bond donors (Lipinski definition) is 0. The lowest BCUT2D eigenvalue weighted by atomic mass is 10.1. The number of carbonyl (C=O) groups excluding carboxylic acids is 1. The van der Waals surface area contributed by atoms with Crippen LogP contribution in [0.4, 0.5) is 4.39 Å². The zero-order valence-corrected chi connectivity index (χ0v) is 11.7. The molecule has 2 rings (SSSR count). The molecular formula is C10H4Br2FNOS. The highest BCUT2D eigenvalue weighted by Gasteiger charge is 2.18. The third kappa shape index (κ3) is 2.23. The smallest absolute Gasteiger partial charge is 0.198 e. The van der Waals surface area contributed by atoms with Crippen molar-refractivity contribution in [3.63, 3.8) is 0 Å². The number of halogens is 3. The molecule has 2 aromatic heterocycles. The number of hydrogen-bond acceptors (Lipinski definition) is 3. The molecule has 0 saturated carbocycles. The molecule has 0 aromatic carbocycles. The molecule has 0 radical (unpaired) electrons. The monoisotopic (exact) mass is 363 g/mol. The van der Waals surface area contributed by atoms with E-state index in [4.69, 9.17) is 0 Å². The number of pyridine rings is 1. The molecule has 16 heavy (non-hydrogen) atoms. The van der Waals surface area contributed by atoms with E-state index in [9.17, 15) is 9.18 Å². The zero-order chi connectivity index (χ0) is 11.7. The molecule has 0 aliphatic rings. The Morgan fingerprint density at radius 2 is 2.12 bits per heavy atom. The molecule has 0 fully saturated rings. The highest BCUT2D eigenvalue weighted by molar-refractivity contribution is 9.12. The molecule has 0 unspecified atom stereocenters. The summed E-state index contributed by atoms with van der Waals surface area (Å²) in [5.41, 5.74) is 0.475. The molecule has 6 heteroatoms. The van der Waals surface area contributed by atoms with Crippen molar-refractivity contribution in [2.24, 2.45) is 0 Å². The molecule has 0 saturated heterocycles. The summed E-state index contributed by atoms with van der Waals surface area (Å²) in [6, 6.07) is 3.03. The van der Waals surface area contributed by atoms with Gasteiger partial charge < -0.3 is 0 Å². The van der Waals surface area contributed by atoms with Crippen molar-refractivity contribution in [2.45, 2.75) is 0 Å². The fourth-order valence-corrected chi connectivity index (χ4v) is 3.99. The lowest BCUT2D eigenvalue weighted by Gasteiger charge is -1.99. The van der Waals surface area contributed by atoms with Crippen LogP contribution >= 0.6 is 43.2 Å². The summed E-state index contributed by atoms with van der Waals surface area (Å²) >= 11 is 7.91. The zero-order valence-electron chi connectivity index (χ0n) is 7.71. The number of rotatable bonds is 2. The summed E-state index contributed by atoms with van der Waals surface area (Å²) in [6.45, 7) is 0. The summed E-state index contributed by atoms with van der Waals surface area (Å²) < 4.78 is 14.9. The third-order valence-electron chi connectivity index (χ3n) is 1.92. The second-order valence-corrected chi connectivity index (χ2v) is 6.67. The fraction of sp³-hybridized carbons (Fsp3) is 0. The minimum absolute atomic E-state index is 0.0287. The van der Waals surface area contributed by atoms with Crippen LogP contribution in [-0.4, -0.2) is 10.8 Å². The van der Waals surface area contributed by atoms with Gasteiger partial charge in [-0.3, -0.25) is 9.78 Å². The summed E-state index contributed by atoms with van der Waals surface area (Å²) in [4.78, 5) is 15.6. The Kier molecular flexibility index (Phi) is 3.51. The van der Waals surface area contributed by atoms with E-state index in [2.05, 4.69) is 36.8 Å². The van der Waals surface area contributed by atoms with E-state index < -0.39 is 5.82 Å². The van der Waals surface area contributed by atoms with Gasteiger partial charge >= 0.3 is 0 Å². The van der Waals surface area contributed by atoms with E-state index in [0.29, 0.717) is 9.35 Å². The Bertz CT molecular complexity index is 556. The predicted octanol–water partition coefficient (Wildman–Crippen LogP) is 4.04. The molecule has 0 atom stereocenters. The second kappa shape index (κ2) is 4.73. The van der Waals surface area contributed by atoms with Crippen LogP contribution in [0, 0.1) is 5.82 Å². The third-order valence-corrected chi connectivity index (χ3v) is 4.26. The van der Waals surface area contributed by atoms with Gasteiger partial charge in [0.2, 0.25) is 0 Å². The van der Waals surface area contributed by atoms with Crippen LogP contribution < -0.4 is 0 Å². The van der Waals surface area contributed by atoms with E-state index in [1.54, 1.807) is 6.07 Å². The lowest BCUT2D eigenvalue weighted by Crippen LogP contribution is -2.03. The molecule has 0 bridgehead atoms. The van der Waals surface area contributed by atoms with Crippen LogP contribution in [0.5, 0.6) is 0 Å². The van der Waals surface area contributed by atoms with E-state index in [1.807, 2.05) is 0 Å². The maximum absolute atomic E-state index is 13.4. The first-order valence-electron chi connectivity index (χ1n) is 4.18. The Balaban J connectivity index is 2.47. The second-order valence-electron chi connectivity index (χ2n) is 2.92. The summed E-state index contributed by atoms with van der Waals surface area (Å²) in [5, 5.41) is 0. The fourth-order valence-electron chi connectivity index (χ4n) is 1.20. The van der Waals surface area contributed by atoms with Gasteiger partial charge in [0.05, 0.1) is 19.3 Å². The minimum atomic E-state index is -0.610. The Morgan fingerprint density at radius 3 is 2.69 bits per heavy atom. The van der Waals surface area contributed by atoms with Crippen LogP contribution in [0.3, 0.4) is 0 Å². The van der Waals surface area contributed by atoms with Gasteiger partial charge in [-0.05, 0) is 44.0 Å². The Hall–Kier alpha value is -0.590. The topological polar surface area (TPSA) is 30.0 Å². The first-order chi connectivity index (χ1) is 7.59. The largest absolute Gasteiger partial charge is 0.288 e. The molecule has 82 valence electrons. The maximum Gasteiger partial charge on any atom is 0.198 e. The quantitative estimate of drug-likeness (QED) is 0.753. The molecular weight excluding hydrogens is 361 g/mol. The van der Waals surface area contributed by atoms with Gasteiger partial charge in [0.25, 0.3) is 0 Å². The van der Waals surface area contributed by atoms with Crippen LogP contribution in [-0.2, 0) is 0 Å². The minimum Gasteiger partial charge on any atom is -0.288 e. The van der Waals surface area contributed by atoms with Gasteiger partial charge in [-0.2, -0.15) is 0 Å². The average Bonchev–Trinajstić information content (AvgIpc) is 2.58. The summed E-state index contributed by atoms with van der Waals surface area (Å²) in [7, 11) is 0. The van der Waals surface area contributed by atoms with E-state index in [0.717, 1.165) is 9.98 Å². The van der Waals surface area contributed by atoms with Crippen molar-refractivity contribution in [2.75, 3.05) is 0 Å². The predicted molar refractivity (Wildman–Crippen MR) is 67.3 cm³/mol. The molecule has 2 heterocycles.